The van der Waals surface area contributed by atoms with Gasteiger partial charge in [-0.1, -0.05) is 31.0 Å². The molecule has 1 aromatic carbocycles. The maximum Gasteiger partial charge on any atom is 0.243 e. The Hall–Kier alpha value is -1.77. The first-order valence-electron chi connectivity index (χ1n) is 11.7. The molecule has 8 heteroatoms. The second-order valence-electron chi connectivity index (χ2n) is 9.27. The first-order valence-corrected chi connectivity index (χ1v) is 13.2. The van der Waals surface area contributed by atoms with Crippen molar-refractivity contribution in [1.29, 1.82) is 0 Å². The lowest BCUT2D eigenvalue weighted by molar-refractivity contribution is 0.117. The second-order valence-corrected chi connectivity index (χ2v) is 11.2. The Morgan fingerprint density at radius 2 is 1.68 bits per heavy atom. The first kappa shape index (κ1) is 21.1. The zero-order valence-corrected chi connectivity index (χ0v) is 18.8. The summed E-state index contributed by atoms with van der Waals surface area (Å²) in [5, 5.41) is 8.42. The van der Waals surface area contributed by atoms with Crippen molar-refractivity contribution in [3.05, 3.63) is 42.1 Å². The van der Waals surface area contributed by atoms with Crippen LogP contribution in [-0.4, -0.2) is 53.5 Å². The van der Waals surface area contributed by atoms with E-state index in [9.17, 15) is 8.42 Å². The van der Waals surface area contributed by atoms with E-state index in [0.717, 1.165) is 70.3 Å². The molecule has 1 aliphatic carbocycles. The number of aromatic nitrogens is 2. The van der Waals surface area contributed by atoms with E-state index in [2.05, 4.69) is 15.1 Å². The summed E-state index contributed by atoms with van der Waals surface area (Å²) in [6, 6.07) is 9.03. The highest BCUT2D eigenvalue weighted by atomic mass is 32.2. The van der Waals surface area contributed by atoms with Gasteiger partial charge in [0.25, 0.3) is 0 Å². The minimum absolute atomic E-state index is 0.0970. The zero-order chi connectivity index (χ0) is 21.3. The van der Waals surface area contributed by atoms with Gasteiger partial charge in [-0.2, -0.15) is 4.31 Å². The van der Waals surface area contributed by atoms with E-state index in [0.29, 0.717) is 35.7 Å². The van der Waals surface area contributed by atoms with Crippen LogP contribution in [0, 0.1) is 5.92 Å². The smallest absolute Gasteiger partial charge is 0.243 e. The van der Waals surface area contributed by atoms with Crippen molar-refractivity contribution in [2.45, 2.75) is 74.8 Å². The van der Waals surface area contributed by atoms with Gasteiger partial charge in [-0.3, -0.25) is 4.90 Å². The van der Waals surface area contributed by atoms with Gasteiger partial charge in [0.2, 0.25) is 21.8 Å². The van der Waals surface area contributed by atoms with E-state index in [4.69, 9.17) is 4.42 Å². The lowest BCUT2D eigenvalue weighted by Gasteiger charge is -2.39. The summed E-state index contributed by atoms with van der Waals surface area (Å²) in [5.41, 5.74) is 0. The van der Waals surface area contributed by atoms with Crippen molar-refractivity contribution < 1.29 is 12.8 Å². The van der Waals surface area contributed by atoms with Crippen molar-refractivity contribution in [3.63, 3.8) is 0 Å². The molecule has 3 fully saturated rings. The fourth-order valence-electron chi connectivity index (χ4n) is 5.12. The lowest BCUT2D eigenvalue weighted by atomic mass is 9.87. The molecule has 3 heterocycles. The largest absolute Gasteiger partial charge is 0.424 e. The van der Waals surface area contributed by atoms with Gasteiger partial charge in [0, 0.05) is 18.5 Å². The number of benzene rings is 1. The highest BCUT2D eigenvalue weighted by Crippen LogP contribution is 2.39. The molecular formula is C23H32N4O3S. The number of rotatable bonds is 6. The molecule has 3 aliphatic rings. The third kappa shape index (κ3) is 4.71. The van der Waals surface area contributed by atoms with Crippen LogP contribution in [0.15, 0.2) is 39.6 Å². The Labute approximate surface area is 184 Å². The maximum absolute atomic E-state index is 13.4. The fourth-order valence-corrected chi connectivity index (χ4v) is 6.89. The van der Waals surface area contributed by atoms with Gasteiger partial charge in [-0.15, -0.1) is 10.2 Å². The van der Waals surface area contributed by atoms with Gasteiger partial charge < -0.3 is 4.42 Å². The minimum atomic E-state index is -3.46. The predicted molar refractivity (Wildman–Crippen MR) is 117 cm³/mol. The molecule has 168 valence electrons. The summed E-state index contributed by atoms with van der Waals surface area (Å²) in [7, 11) is -3.46. The Kier molecular flexibility index (Phi) is 6.12. The van der Waals surface area contributed by atoms with E-state index in [1.165, 1.54) is 0 Å². The van der Waals surface area contributed by atoms with Gasteiger partial charge in [0.15, 0.2) is 0 Å². The average Bonchev–Trinajstić information content (AvgIpc) is 3.59. The molecule has 1 atom stereocenters. The van der Waals surface area contributed by atoms with Crippen LogP contribution in [0.1, 0.15) is 69.1 Å². The van der Waals surface area contributed by atoms with Gasteiger partial charge >= 0.3 is 0 Å². The second kappa shape index (κ2) is 9.00. The van der Waals surface area contributed by atoms with Crippen LogP contribution in [0.4, 0.5) is 0 Å². The Bertz CT molecular complexity index is 966. The molecule has 31 heavy (non-hydrogen) atoms. The maximum atomic E-state index is 13.4. The molecule has 1 saturated carbocycles. The Morgan fingerprint density at radius 1 is 0.903 bits per heavy atom. The van der Waals surface area contributed by atoms with E-state index in [-0.39, 0.29) is 6.04 Å². The van der Waals surface area contributed by atoms with Crippen LogP contribution in [0.25, 0.3) is 0 Å². The van der Waals surface area contributed by atoms with Gasteiger partial charge in [0.1, 0.15) is 0 Å². The van der Waals surface area contributed by atoms with Crippen molar-refractivity contribution in [2.75, 3.05) is 19.6 Å². The quantitative estimate of drug-likeness (QED) is 0.674. The van der Waals surface area contributed by atoms with Crippen LogP contribution in [0.2, 0.25) is 0 Å². The number of piperidine rings is 1. The molecule has 0 radical (unpaired) electrons. The van der Waals surface area contributed by atoms with E-state index >= 15 is 0 Å². The molecule has 1 unspecified atom stereocenters. The monoisotopic (exact) mass is 444 g/mol. The van der Waals surface area contributed by atoms with E-state index in [1.54, 1.807) is 12.1 Å². The van der Waals surface area contributed by atoms with Crippen LogP contribution < -0.4 is 0 Å². The molecule has 5 rings (SSSR count). The summed E-state index contributed by atoms with van der Waals surface area (Å²) in [5.74, 6) is 2.39. The number of sulfonamides is 1. The topological polar surface area (TPSA) is 79.5 Å². The first-order chi connectivity index (χ1) is 15.1. The van der Waals surface area contributed by atoms with Gasteiger partial charge in [0.05, 0.1) is 11.4 Å². The third-order valence-electron chi connectivity index (χ3n) is 7.04. The highest BCUT2D eigenvalue weighted by Gasteiger charge is 2.38. The van der Waals surface area contributed by atoms with Crippen molar-refractivity contribution in [1.82, 2.24) is 19.4 Å². The summed E-state index contributed by atoms with van der Waals surface area (Å²) in [6.45, 7) is 3.22. The normalized spacial score (nSPS) is 24.8. The molecular weight excluding hydrogens is 412 g/mol. The van der Waals surface area contributed by atoms with E-state index < -0.39 is 10.0 Å². The molecule has 0 bridgehead atoms. The van der Waals surface area contributed by atoms with Gasteiger partial charge in [-0.25, -0.2) is 8.42 Å². The molecule has 2 aromatic rings. The van der Waals surface area contributed by atoms with Crippen LogP contribution in [0.3, 0.4) is 0 Å². The molecule has 2 aliphatic heterocycles. The fraction of sp³-hybridized carbons (Fsp3) is 0.652. The Morgan fingerprint density at radius 3 is 2.42 bits per heavy atom. The summed E-state index contributed by atoms with van der Waals surface area (Å²) >= 11 is 0. The predicted octanol–water partition coefficient (Wildman–Crippen LogP) is 3.79. The number of nitrogens with zero attached hydrogens (tertiary/aromatic N) is 4. The van der Waals surface area contributed by atoms with Crippen molar-refractivity contribution in [2.24, 2.45) is 5.92 Å². The molecule has 1 aromatic heterocycles. The number of hydrogen-bond donors (Lipinski definition) is 0. The molecule has 0 amide bonds. The number of likely N-dealkylation sites (tertiary alicyclic amines) is 1. The minimum Gasteiger partial charge on any atom is -0.424 e. The molecule has 0 spiro atoms. The summed E-state index contributed by atoms with van der Waals surface area (Å²) in [4.78, 5) is 2.79. The van der Waals surface area contributed by atoms with Crippen LogP contribution in [0.5, 0.6) is 0 Å². The average molecular weight is 445 g/mol. The van der Waals surface area contributed by atoms with E-state index in [1.807, 2.05) is 22.5 Å². The van der Waals surface area contributed by atoms with Crippen LogP contribution in [-0.2, 0) is 16.6 Å². The van der Waals surface area contributed by atoms with Crippen molar-refractivity contribution >= 4 is 10.0 Å². The van der Waals surface area contributed by atoms with Gasteiger partial charge in [-0.05, 0) is 69.7 Å². The summed E-state index contributed by atoms with van der Waals surface area (Å²) < 4.78 is 34.6. The van der Waals surface area contributed by atoms with Crippen molar-refractivity contribution in [3.8, 4) is 0 Å². The standard InChI is InChI=1S/C23H32N4O3S/c28-31(29,20-7-3-1-4-8-20)27-14-6-2-5-9-21(27)18-12-15-26(16-13-18)17-22-24-25-23(30-22)19-10-11-19/h1,3-4,7-8,18-19,21H,2,5-6,9-17H2. The lowest BCUT2D eigenvalue weighted by Crippen LogP contribution is -2.47. The third-order valence-corrected chi connectivity index (χ3v) is 8.98. The zero-order valence-electron chi connectivity index (χ0n) is 18.0. The highest BCUT2D eigenvalue weighted by molar-refractivity contribution is 7.89. The molecule has 2 saturated heterocycles. The van der Waals surface area contributed by atoms with Crippen LogP contribution >= 0.6 is 0 Å². The molecule has 7 nitrogen and oxygen atoms in total. The SMILES string of the molecule is O=S(=O)(c1ccccc1)N1CCCCCC1C1CCN(Cc2nnc(C3CC3)o2)CC1. The molecule has 0 N–H and O–H groups in total. The number of hydrogen-bond acceptors (Lipinski definition) is 6. The summed E-state index contributed by atoms with van der Waals surface area (Å²) in [6.07, 6.45) is 8.47. The Balaban J connectivity index is 1.25.